The van der Waals surface area contributed by atoms with Crippen LogP contribution in [0, 0.1) is 0 Å². The van der Waals surface area contributed by atoms with Gasteiger partial charge in [-0.1, -0.05) is 54.6 Å². The van der Waals surface area contributed by atoms with Gasteiger partial charge in [0.15, 0.2) is 0 Å². The normalized spacial score (nSPS) is 11.1. The summed E-state index contributed by atoms with van der Waals surface area (Å²) in [5.41, 5.74) is 5.12. The van der Waals surface area contributed by atoms with Gasteiger partial charge in [-0.3, -0.25) is 0 Å². The summed E-state index contributed by atoms with van der Waals surface area (Å²) in [5, 5.41) is 52.6. The molecule has 0 unspecified atom stereocenters. The molecule has 0 radical (unpaired) electrons. The van der Waals surface area contributed by atoms with Crippen molar-refractivity contribution in [1.29, 1.82) is 0 Å². The van der Waals surface area contributed by atoms with Crippen molar-refractivity contribution in [2.75, 3.05) is 0 Å². The fourth-order valence-corrected chi connectivity index (χ4v) is 4.60. The lowest BCUT2D eigenvalue weighted by Crippen LogP contribution is -1.98. The van der Waals surface area contributed by atoms with Crippen LogP contribution in [0.3, 0.4) is 0 Å². The highest BCUT2D eigenvalue weighted by Gasteiger charge is 2.18. The lowest BCUT2D eigenvalue weighted by molar-refractivity contribution is 0.469. The van der Waals surface area contributed by atoms with Crippen molar-refractivity contribution in [2.24, 2.45) is 0 Å². The molecule has 0 fully saturated rings. The predicted molar refractivity (Wildman–Crippen MR) is 140 cm³/mol. The minimum atomic E-state index is 0.110. The second-order valence-corrected chi connectivity index (χ2v) is 9.07. The molecule has 0 aromatic heterocycles. The Hall–Kier alpha value is -4.64. The van der Waals surface area contributed by atoms with Crippen LogP contribution in [0.25, 0.3) is 10.8 Å². The zero-order chi connectivity index (χ0) is 25.2. The lowest BCUT2D eigenvalue weighted by atomic mass is 9.90. The van der Waals surface area contributed by atoms with Crippen molar-refractivity contribution in [3.8, 4) is 28.7 Å². The van der Waals surface area contributed by atoms with E-state index in [4.69, 9.17) is 0 Å². The quantitative estimate of drug-likeness (QED) is 0.202. The average molecular weight is 479 g/mol. The summed E-state index contributed by atoms with van der Waals surface area (Å²) in [6.07, 6.45) is 1.42. The predicted octanol–water partition coefficient (Wildman–Crippen LogP) is 6.14. The monoisotopic (exact) mass is 478 g/mol. The Morgan fingerprint density at radius 2 is 0.806 bits per heavy atom. The minimum absolute atomic E-state index is 0.110. The van der Waals surface area contributed by atoms with Crippen LogP contribution in [-0.2, 0) is 19.3 Å². The standard InChI is InChI=1S/C31H26O5/c32-25-8-1-19(2-9-25)15-22-7-14-28-29(31(22)36)23(16-20-3-10-26(33)11-4-20)18-24(30(28)35)17-21-5-12-27(34)13-6-21/h1-14,18,32-36H,15-17H2. The Kier molecular flexibility index (Phi) is 6.13. The van der Waals surface area contributed by atoms with Gasteiger partial charge in [-0.05, 0) is 76.2 Å². The molecule has 5 rings (SSSR count). The van der Waals surface area contributed by atoms with Gasteiger partial charge in [-0.15, -0.1) is 0 Å². The summed E-state index contributed by atoms with van der Waals surface area (Å²) < 4.78 is 0. The number of phenolic OH excluding ortho intramolecular Hbond substituents is 5. The van der Waals surface area contributed by atoms with E-state index in [1.165, 1.54) is 0 Å². The van der Waals surface area contributed by atoms with Crippen molar-refractivity contribution < 1.29 is 25.5 Å². The van der Waals surface area contributed by atoms with Gasteiger partial charge in [0.25, 0.3) is 0 Å². The van der Waals surface area contributed by atoms with Gasteiger partial charge >= 0.3 is 0 Å². The first-order valence-electron chi connectivity index (χ1n) is 11.7. The molecule has 180 valence electrons. The summed E-state index contributed by atoms with van der Waals surface area (Å²) in [6.45, 7) is 0. The first-order chi connectivity index (χ1) is 17.4. The highest BCUT2D eigenvalue weighted by molar-refractivity contribution is 5.97. The maximum atomic E-state index is 11.4. The summed E-state index contributed by atoms with van der Waals surface area (Å²) >= 11 is 0. The molecule has 36 heavy (non-hydrogen) atoms. The minimum Gasteiger partial charge on any atom is -0.508 e. The van der Waals surface area contributed by atoms with Crippen LogP contribution in [0.4, 0.5) is 0 Å². The Morgan fingerprint density at radius 3 is 1.28 bits per heavy atom. The number of hydrogen-bond donors (Lipinski definition) is 5. The molecule has 0 saturated heterocycles. The van der Waals surface area contributed by atoms with Gasteiger partial charge in [0.1, 0.15) is 28.7 Å². The summed E-state index contributed by atoms with van der Waals surface area (Å²) in [6, 6.07) is 26.2. The van der Waals surface area contributed by atoms with Crippen LogP contribution in [0.5, 0.6) is 28.7 Å². The number of hydrogen-bond acceptors (Lipinski definition) is 5. The molecule has 0 atom stereocenters. The second-order valence-electron chi connectivity index (χ2n) is 9.07. The fraction of sp³-hybridized carbons (Fsp3) is 0.0968. The van der Waals surface area contributed by atoms with Crippen LogP contribution in [0.1, 0.15) is 33.4 Å². The third-order valence-electron chi connectivity index (χ3n) is 6.48. The molecular formula is C31H26O5. The number of aromatic hydroxyl groups is 5. The van der Waals surface area contributed by atoms with E-state index in [2.05, 4.69) is 0 Å². The molecule has 0 aliphatic heterocycles. The number of phenols is 5. The number of fused-ring (bicyclic) bond motifs is 1. The van der Waals surface area contributed by atoms with E-state index >= 15 is 0 Å². The lowest BCUT2D eigenvalue weighted by Gasteiger charge is -2.17. The molecule has 0 saturated carbocycles. The van der Waals surface area contributed by atoms with Gasteiger partial charge in [-0.25, -0.2) is 0 Å². The molecule has 0 spiro atoms. The third-order valence-corrected chi connectivity index (χ3v) is 6.48. The summed E-state index contributed by atoms with van der Waals surface area (Å²) in [5.74, 6) is 0.769. The van der Waals surface area contributed by atoms with Gasteiger partial charge in [0, 0.05) is 23.6 Å². The van der Waals surface area contributed by atoms with Gasteiger partial charge in [0.05, 0.1) is 0 Å². The van der Waals surface area contributed by atoms with E-state index in [-0.39, 0.29) is 28.7 Å². The van der Waals surface area contributed by atoms with E-state index in [1.54, 1.807) is 36.4 Å². The Labute approximate surface area is 208 Å². The third kappa shape index (κ3) is 4.77. The van der Waals surface area contributed by atoms with Crippen molar-refractivity contribution in [3.05, 3.63) is 124 Å². The molecule has 5 aromatic carbocycles. The van der Waals surface area contributed by atoms with Crippen LogP contribution in [-0.4, -0.2) is 25.5 Å². The van der Waals surface area contributed by atoms with E-state index in [1.807, 2.05) is 54.6 Å². The molecular weight excluding hydrogens is 452 g/mol. The molecule has 5 N–H and O–H groups in total. The average Bonchev–Trinajstić information content (AvgIpc) is 2.87. The number of benzene rings is 5. The van der Waals surface area contributed by atoms with E-state index in [9.17, 15) is 25.5 Å². The van der Waals surface area contributed by atoms with Crippen molar-refractivity contribution in [3.63, 3.8) is 0 Å². The molecule has 5 nitrogen and oxygen atoms in total. The SMILES string of the molecule is Oc1ccc(Cc2cc(Cc3ccc(O)cc3)c3c(O)c(Cc4ccc(O)cc4)ccc3c2O)cc1. The van der Waals surface area contributed by atoms with E-state index < -0.39 is 0 Å². The molecule has 5 aromatic rings. The van der Waals surface area contributed by atoms with E-state index in [0.29, 0.717) is 41.2 Å². The highest BCUT2D eigenvalue weighted by atomic mass is 16.3. The Morgan fingerprint density at radius 1 is 0.389 bits per heavy atom. The first-order valence-corrected chi connectivity index (χ1v) is 11.7. The largest absolute Gasteiger partial charge is 0.508 e. The van der Waals surface area contributed by atoms with Gasteiger partial charge < -0.3 is 25.5 Å². The topological polar surface area (TPSA) is 101 Å². The molecule has 0 bridgehead atoms. The molecule has 0 heterocycles. The zero-order valence-electron chi connectivity index (χ0n) is 19.5. The van der Waals surface area contributed by atoms with Crippen molar-refractivity contribution >= 4 is 10.8 Å². The summed E-state index contributed by atoms with van der Waals surface area (Å²) in [7, 11) is 0. The fourth-order valence-electron chi connectivity index (χ4n) is 4.60. The van der Waals surface area contributed by atoms with Crippen LogP contribution in [0.2, 0.25) is 0 Å². The maximum absolute atomic E-state index is 11.4. The zero-order valence-corrected chi connectivity index (χ0v) is 19.5. The van der Waals surface area contributed by atoms with Gasteiger partial charge in [0.2, 0.25) is 0 Å². The highest BCUT2D eigenvalue weighted by Crippen LogP contribution is 2.41. The Bertz CT molecular complexity index is 1520. The number of rotatable bonds is 6. The first kappa shape index (κ1) is 23.1. The molecule has 0 amide bonds. The Balaban J connectivity index is 1.63. The maximum Gasteiger partial charge on any atom is 0.127 e. The molecule has 5 heteroatoms. The van der Waals surface area contributed by atoms with Crippen LogP contribution in [0.15, 0.2) is 91.0 Å². The molecule has 0 aliphatic carbocycles. The molecule has 0 aliphatic rings. The van der Waals surface area contributed by atoms with Crippen LogP contribution < -0.4 is 0 Å². The van der Waals surface area contributed by atoms with Crippen molar-refractivity contribution in [1.82, 2.24) is 0 Å². The van der Waals surface area contributed by atoms with Gasteiger partial charge in [-0.2, -0.15) is 0 Å². The van der Waals surface area contributed by atoms with E-state index in [0.717, 1.165) is 22.3 Å². The summed E-state index contributed by atoms with van der Waals surface area (Å²) in [4.78, 5) is 0. The second kappa shape index (κ2) is 9.55. The smallest absolute Gasteiger partial charge is 0.127 e. The van der Waals surface area contributed by atoms with Crippen LogP contribution >= 0.6 is 0 Å². The van der Waals surface area contributed by atoms with Crippen molar-refractivity contribution in [2.45, 2.75) is 19.3 Å².